The Morgan fingerprint density at radius 3 is 2.17 bits per heavy atom. The van der Waals surface area contributed by atoms with E-state index in [0.29, 0.717) is 0 Å². The average molecular weight is 248 g/mol. The van der Waals surface area contributed by atoms with Crippen LogP contribution in [0.3, 0.4) is 0 Å². The van der Waals surface area contributed by atoms with Crippen LogP contribution in [0.4, 0.5) is 0 Å². The van der Waals surface area contributed by atoms with Gasteiger partial charge in [0.2, 0.25) is 0 Å². The van der Waals surface area contributed by atoms with E-state index in [0.717, 1.165) is 0 Å². The summed E-state index contributed by atoms with van der Waals surface area (Å²) in [5.41, 5.74) is 0. The molecule has 0 saturated heterocycles. The van der Waals surface area contributed by atoms with Gasteiger partial charge in [-0.1, -0.05) is 0 Å². The van der Waals surface area contributed by atoms with E-state index >= 15 is 0 Å². The van der Waals surface area contributed by atoms with Crippen LogP contribution in [0, 0.1) is 0 Å². The molecule has 0 saturated carbocycles. The van der Waals surface area contributed by atoms with Crippen molar-refractivity contribution in [1.82, 2.24) is 0 Å². The van der Waals surface area contributed by atoms with Crippen LogP contribution in [0.1, 0.15) is 12.8 Å². The monoisotopic (exact) mass is 247 g/mol. The van der Waals surface area contributed by atoms with Gasteiger partial charge in [0.15, 0.2) is 0 Å². The van der Waals surface area contributed by atoms with Gasteiger partial charge >= 0.3 is 63.2 Å². The molecule has 0 aromatic carbocycles. The summed E-state index contributed by atoms with van der Waals surface area (Å²) in [6, 6.07) is 0. The molecule has 33 valence electrons. The van der Waals surface area contributed by atoms with Gasteiger partial charge in [-0.2, -0.15) is 0 Å². The maximum absolute atomic E-state index is 2.42. The molecule has 0 spiro atoms. The van der Waals surface area contributed by atoms with Crippen molar-refractivity contribution >= 4 is 22.6 Å². The Kier molecular flexibility index (Phi) is 7.79. The van der Waals surface area contributed by atoms with Crippen molar-refractivity contribution in [2.45, 2.75) is 17.9 Å². The first-order valence-electron chi connectivity index (χ1n) is 2.27. The third-order valence-electron chi connectivity index (χ3n) is 0.634. The molecule has 0 radical (unpaired) electrons. The Hall–Kier alpha value is 1.35. The van der Waals surface area contributed by atoms with Gasteiger partial charge in [-0.15, -0.1) is 0 Å². The van der Waals surface area contributed by atoms with Crippen LogP contribution in [-0.4, -0.2) is 4.43 Å². The van der Waals surface area contributed by atoms with E-state index in [1.54, 1.807) is 0 Å². The Labute approximate surface area is 62.9 Å². The van der Waals surface area contributed by atoms with E-state index in [9.17, 15) is 0 Å². The third-order valence-corrected chi connectivity index (χ3v) is 2.45. The molecule has 0 rings (SSSR count). The molecule has 0 aliphatic carbocycles. The van der Waals surface area contributed by atoms with E-state index in [1.165, 1.54) is 40.6 Å². The minimum atomic E-state index is 1.34. The van der Waals surface area contributed by atoms with Crippen molar-refractivity contribution in [3.05, 3.63) is 0 Å². The normalized spacial score (nSPS) is 9.17. The fourth-order valence-corrected chi connectivity index (χ4v) is 1.55. The summed E-state index contributed by atoms with van der Waals surface area (Å²) in [6.07, 6.45) is 2.89. The van der Waals surface area contributed by atoms with Crippen LogP contribution >= 0.6 is 22.6 Å². The van der Waals surface area contributed by atoms with Gasteiger partial charge in [-0.3, -0.25) is 0 Å². The quantitative estimate of drug-likeness (QED) is 0.311. The van der Waals surface area contributed by atoms with Gasteiger partial charge in [0.25, 0.3) is 0 Å². The van der Waals surface area contributed by atoms with Crippen molar-refractivity contribution in [2.24, 2.45) is 0 Å². The van der Waals surface area contributed by atoms with Crippen molar-refractivity contribution in [3.63, 3.8) is 0 Å². The minimum absolute atomic E-state index is 1.34. The molecule has 0 atom stereocenters. The predicted octanol–water partition coefficient (Wildman–Crippen LogP) is 2.17. The molecule has 0 aliphatic heterocycles. The molecule has 0 aliphatic rings. The molecule has 6 heavy (non-hydrogen) atoms. The Morgan fingerprint density at radius 2 is 2.00 bits per heavy atom. The zero-order valence-electron chi connectivity index (χ0n) is 3.91. The number of hydrogen-bond acceptors (Lipinski definition) is 0. The third kappa shape index (κ3) is 5.35. The summed E-state index contributed by atoms with van der Waals surface area (Å²) < 4.78 is 1.34. The fraction of sp³-hybridized carbons (Fsp3) is 1.00. The van der Waals surface area contributed by atoms with Gasteiger partial charge in [-0.05, 0) is 0 Å². The first-order chi connectivity index (χ1) is 2.91. The molecule has 0 aromatic rings. The number of halogens is 1. The summed E-state index contributed by atoms with van der Waals surface area (Å²) in [4.78, 5) is 0. The molecular formula is C4H8IZn. The summed E-state index contributed by atoms with van der Waals surface area (Å²) in [7, 11) is 0. The van der Waals surface area contributed by atoms with Gasteiger partial charge in [0.1, 0.15) is 0 Å². The van der Waals surface area contributed by atoms with E-state index in [2.05, 4.69) is 22.6 Å². The van der Waals surface area contributed by atoms with Crippen LogP contribution in [0.2, 0.25) is 5.02 Å². The van der Waals surface area contributed by atoms with Gasteiger partial charge in [0, 0.05) is 0 Å². The Bertz CT molecular complexity index is 19.5. The molecule has 0 aromatic heterocycles. The van der Waals surface area contributed by atoms with Crippen LogP contribution in [-0.2, 0) is 18.3 Å². The van der Waals surface area contributed by atoms with Crippen molar-refractivity contribution in [1.29, 1.82) is 0 Å². The van der Waals surface area contributed by atoms with E-state index in [1.807, 2.05) is 0 Å². The number of unbranched alkanes of at least 4 members (excludes halogenated alkanes) is 1. The molecular weight excluding hydrogens is 240 g/mol. The molecule has 0 amide bonds. The van der Waals surface area contributed by atoms with E-state index < -0.39 is 0 Å². The van der Waals surface area contributed by atoms with Crippen molar-refractivity contribution < 1.29 is 18.3 Å². The summed E-state index contributed by atoms with van der Waals surface area (Å²) in [5.74, 6) is 0. The molecule has 0 bridgehead atoms. The fourth-order valence-electron chi connectivity index (χ4n) is 0.271. The SMILES string of the molecule is [Zn][CH2]CCCI. The zero-order chi connectivity index (χ0) is 4.83. The summed E-state index contributed by atoms with van der Waals surface area (Å²) in [5, 5.41) is 1.48. The zero-order valence-corrected chi connectivity index (χ0v) is 9.04. The van der Waals surface area contributed by atoms with Gasteiger partial charge < -0.3 is 0 Å². The second-order valence-electron chi connectivity index (χ2n) is 1.25. The molecule has 0 unspecified atom stereocenters. The predicted molar refractivity (Wildman–Crippen MR) is 32.9 cm³/mol. The van der Waals surface area contributed by atoms with Crippen LogP contribution in [0.15, 0.2) is 0 Å². The van der Waals surface area contributed by atoms with Crippen molar-refractivity contribution in [2.75, 3.05) is 4.43 Å². The Balaban J connectivity index is 2.34. The summed E-state index contributed by atoms with van der Waals surface area (Å²) >= 11 is 3.91. The second kappa shape index (κ2) is 6.35. The first kappa shape index (κ1) is 7.35. The van der Waals surface area contributed by atoms with Crippen molar-refractivity contribution in [3.8, 4) is 0 Å². The summed E-state index contributed by atoms with van der Waals surface area (Å²) in [6.45, 7) is 0. The topological polar surface area (TPSA) is 0 Å². The molecule has 0 heterocycles. The molecule has 0 N–H and O–H groups in total. The van der Waals surface area contributed by atoms with E-state index in [4.69, 9.17) is 0 Å². The van der Waals surface area contributed by atoms with Crippen LogP contribution in [0.25, 0.3) is 0 Å². The van der Waals surface area contributed by atoms with Gasteiger partial charge in [-0.25, -0.2) is 0 Å². The van der Waals surface area contributed by atoms with Gasteiger partial charge in [0.05, 0.1) is 0 Å². The molecule has 2 heteroatoms. The molecule has 0 fully saturated rings. The molecule has 0 nitrogen and oxygen atoms in total. The number of hydrogen-bond donors (Lipinski definition) is 0. The van der Waals surface area contributed by atoms with Crippen LogP contribution in [0.5, 0.6) is 0 Å². The number of alkyl halides is 1. The van der Waals surface area contributed by atoms with Crippen LogP contribution < -0.4 is 0 Å². The standard InChI is InChI=1S/C4H8I.Zn/c1-2-3-4-5;/h1-4H2;. The maximum atomic E-state index is 2.42. The first-order valence-corrected chi connectivity index (χ1v) is 5.89. The van der Waals surface area contributed by atoms with E-state index in [-0.39, 0.29) is 0 Å². The average Bonchev–Trinajstić information content (AvgIpc) is 1.61. The Morgan fingerprint density at radius 1 is 1.33 bits per heavy atom. The second-order valence-corrected chi connectivity index (χ2v) is 3.81. The number of rotatable bonds is 3.